The van der Waals surface area contributed by atoms with E-state index in [9.17, 15) is 9.90 Å². The number of piperidine rings is 1. The smallest absolute Gasteiger partial charge is 0.197 e. The van der Waals surface area contributed by atoms with E-state index < -0.39 is 9.41 Å². The SMILES string of the molecule is [3H]POc1ccc(C(=O)/C(=C/c2ccc(OCCN3CCCCC3)cc2)c2ccc(OP)cc2)c(O)c1. The minimum atomic E-state index is -0.509. The summed E-state index contributed by atoms with van der Waals surface area (Å²) >= 11 is 0. The molecule has 0 amide bonds. The summed E-state index contributed by atoms with van der Waals surface area (Å²) in [5.74, 6) is 1.23. The second-order valence-corrected chi connectivity index (χ2v) is 9.07. The first-order valence-corrected chi connectivity index (χ1v) is 12.8. The molecule has 8 heteroatoms. The van der Waals surface area contributed by atoms with Crippen LogP contribution in [0.2, 0.25) is 0 Å². The predicted octanol–water partition coefficient (Wildman–Crippen LogP) is 6.02. The predicted molar refractivity (Wildman–Crippen MR) is 150 cm³/mol. The Morgan fingerprint density at radius 2 is 1.64 bits per heavy atom. The van der Waals surface area contributed by atoms with Crippen LogP contribution in [0.1, 0.15) is 40.7 Å². The molecule has 1 N–H and O–H groups in total. The van der Waals surface area contributed by atoms with Crippen LogP contribution in [0.15, 0.2) is 66.7 Å². The van der Waals surface area contributed by atoms with Crippen LogP contribution in [0.25, 0.3) is 11.6 Å². The molecule has 0 saturated carbocycles. The second kappa shape index (κ2) is 12.9. The van der Waals surface area contributed by atoms with Crippen LogP contribution in [-0.4, -0.2) is 43.3 Å². The summed E-state index contributed by atoms with van der Waals surface area (Å²) in [5, 5.41) is 10.5. The summed E-state index contributed by atoms with van der Waals surface area (Å²) in [6, 6.07) is 19.2. The summed E-state index contributed by atoms with van der Waals surface area (Å²) in [5.41, 5.74) is 2.08. The summed E-state index contributed by atoms with van der Waals surface area (Å²) in [4.78, 5) is 16.0. The Balaban J connectivity index is 1.55. The maximum atomic E-state index is 13.6. The van der Waals surface area contributed by atoms with Gasteiger partial charge in [-0.1, -0.05) is 30.7 Å². The van der Waals surface area contributed by atoms with E-state index in [1.54, 1.807) is 36.4 Å². The lowest BCUT2D eigenvalue weighted by molar-refractivity contribution is 0.105. The molecule has 3 aromatic rings. The largest absolute Gasteiger partial charge is 0.507 e. The Kier molecular flexibility index (Phi) is 8.86. The molecule has 0 bridgehead atoms. The number of allylic oxidation sites excluding steroid dienone is 1. The van der Waals surface area contributed by atoms with Gasteiger partial charge in [0.15, 0.2) is 5.78 Å². The zero-order valence-corrected chi connectivity index (χ0v) is 22.1. The number of ether oxygens (including phenoxy) is 1. The number of phenols is 1. The molecule has 0 spiro atoms. The molecular weight excluding hydrogens is 492 g/mol. The van der Waals surface area contributed by atoms with Crippen LogP contribution in [0, 0.1) is 0 Å². The Hall–Kier alpha value is -2.91. The van der Waals surface area contributed by atoms with E-state index in [-0.39, 0.29) is 17.1 Å². The van der Waals surface area contributed by atoms with Gasteiger partial charge in [0.25, 0.3) is 0 Å². The fourth-order valence-corrected chi connectivity index (χ4v) is 4.49. The highest BCUT2D eigenvalue weighted by Gasteiger charge is 2.19. The number of nitrogens with zero attached hydrogens (tertiary/aromatic N) is 1. The normalized spacial score (nSPS) is 15.0. The van der Waals surface area contributed by atoms with Gasteiger partial charge in [-0.2, -0.15) is 0 Å². The average molecular weight is 526 g/mol. The summed E-state index contributed by atoms with van der Waals surface area (Å²) in [6.07, 6.45) is 5.64. The lowest BCUT2D eigenvalue weighted by Crippen LogP contribution is -2.33. The van der Waals surface area contributed by atoms with Crippen molar-refractivity contribution in [1.29, 1.82) is 1.28 Å². The Morgan fingerprint density at radius 3 is 2.31 bits per heavy atom. The molecule has 1 fully saturated rings. The van der Waals surface area contributed by atoms with Crippen molar-refractivity contribution in [3.63, 3.8) is 0 Å². The third-order valence-electron chi connectivity index (χ3n) is 6.19. The molecule has 4 rings (SSSR count). The number of carbonyl (C=O) groups is 1. The molecule has 188 valence electrons. The molecule has 1 saturated heterocycles. The number of likely N-dealkylation sites (tertiary alicyclic amines) is 1. The molecule has 36 heavy (non-hydrogen) atoms. The van der Waals surface area contributed by atoms with Crippen LogP contribution >= 0.6 is 18.9 Å². The molecule has 1 aliphatic heterocycles. The highest BCUT2D eigenvalue weighted by atomic mass is 31.0. The minimum absolute atomic E-state index is 0.149. The number of phenolic OH excluding ortho intramolecular Hbond substituents is 1. The van der Waals surface area contributed by atoms with Crippen LogP contribution in [0.3, 0.4) is 0 Å². The quantitative estimate of drug-likeness (QED) is 0.143. The molecule has 6 nitrogen and oxygen atoms in total. The van der Waals surface area contributed by atoms with E-state index in [1.165, 1.54) is 31.4 Å². The highest BCUT2D eigenvalue weighted by Crippen LogP contribution is 2.31. The van der Waals surface area contributed by atoms with Gasteiger partial charge in [-0.15, -0.1) is 0 Å². The van der Waals surface area contributed by atoms with Crippen LogP contribution in [-0.2, 0) is 0 Å². The molecule has 0 aromatic heterocycles. The summed E-state index contributed by atoms with van der Waals surface area (Å²) < 4.78 is 23.5. The van der Waals surface area contributed by atoms with Gasteiger partial charge >= 0.3 is 0 Å². The topological polar surface area (TPSA) is 68.2 Å². The first kappa shape index (κ1) is 24.8. The van der Waals surface area contributed by atoms with E-state index in [0.717, 1.165) is 30.9 Å². The van der Waals surface area contributed by atoms with E-state index in [4.69, 9.17) is 15.1 Å². The van der Waals surface area contributed by atoms with Gasteiger partial charge in [-0.05, 0) is 79.5 Å². The number of carbonyl (C=O) groups excluding carboxylic acids is 1. The Bertz CT molecular complexity index is 1210. The lowest BCUT2D eigenvalue weighted by Gasteiger charge is -2.26. The van der Waals surface area contributed by atoms with Gasteiger partial charge < -0.3 is 18.9 Å². The minimum Gasteiger partial charge on any atom is -0.507 e. The van der Waals surface area contributed by atoms with E-state index in [2.05, 4.69) is 14.4 Å². The molecule has 2 atom stereocenters. The highest BCUT2D eigenvalue weighted by molar-refractivity contribution is 7.10. The second-order valence-electron chi connectivity index (χ2n) is 8.63. The van der Waals surface area contributed by atoms with Crippen molar-refractivity contribution < 1.29 is 23.7 Å². The van der Waals surface area contributed by atoms with Gasteiger partial charge in [-0.25, -0.2) is 0 Å². The van der Waals surface area contributed by atoms with Crippen molar-refractivity contribution in [2.75, 3.05) is 26.2 Å². The lowest BCUT2D eigenvalue weighted by atomic mass is 9.94. The molecule has 1 aliphatic rings. The van der Waals surface area contributed by atoms with Crippen molar-refractivity contribution in [1.82, 2.24) is 4.90 Å². The number of ketones is 1. The van der Waals surface area contributed by atoms with Gasteiger partial charge in [0.1, 0.15) is 29.6 Å². The number of hydrogen-bond donors (Lipinski definition) is 1. The van der Waals surface area contributed by atoms with Crippen molar-refractivity contribution >= 4 is 36.3 Å². The first-order valence-electron chi connectivity index (χ1n) is 12.4. The average Bonchev–Trinajstić information content (AvgIpc) is 2.93. The zero-order chi connectivity index (χ0) is 26.0. The van der Waals surface area contributed by atoms with Gasteiger partial charge in [0.2, 0.25) is 0 Å². The van der Waals surface area contributed by atoms with E-state index in [1.807, 2.05) is 24.3 Å². The Labute approximate surface area is 218 Å². The zero-order valence-electron chi connectivity index (χ0n) is 21.0. The molecular formula is C28H31NO5P2. The fourth-order valence-electron chi connectivity index (χ4n) is 4.21. The van der Waals surface area contributed by atoms with Crippen LogP contribution in [0.4, 0.5) is 0 Å². The first-order chi connectivity index (χ1) is 18.1. The number of benzene rings is 3. The fraction of sp³-hybridized carbons (Fsp3) is 0.250. The molecule has 2 unspecified atom stereocenters. The van der Waals surface area contributed by atoms with Crippen molar-refractivity contribution in [2.24, 2.45) is 0 Å². The van der Waals surface area contributed by atoms with Crippen molar-refractivity contribution in [3.05, 3.63) is 83.4 Å². The van der Waals surface area contributed by atoms with Crippen LogP contribution < -0.4 is 13.8 Å². The summed E-state index contributed by atoms with van der Waals surface area (Å²) in [6.45, 7) is 3.85. The summed E-state index contributed by atoms with van der Waals surface area (Å²) in [7, 11) is 1.69. The van der Waals surface area contributed by atoms with E-state index in [0.29, 0.717) is 29.2 Å². The number of hydrogen-bond acceptors (Lipinski definition) is 6. The maximum absolute atomic E-state index is 13.6. The molecule has 3 aromatic carbocycles. The molecule has 0 aliphatic carbocycles. The van der Waals surface area contributed by atoms with Gasteiger partial charge in [0.05, 0.1) is 25.7 Å². The molecule has 1 heterocycles. The third kappa shape index (κ3) is 6.85. The van der Waals surface area contributed by atoms with Gasteiger partial charge in [0, 0.05) is 18.2 Å². The standard InChI is InChI=1S/C28H31NO5P2/c30-27-19-24(34-36)12-13-25(27)28(31)26(21-6-10-23(33-35)11-7-21)18-20-4-8-22(9-5-20)32-17-16-29-14-2-1-3-15-29/h4-13,18-19,30H,1-3,14-17,35-36H2/b26-18+/i36T. The number of rotatable bonds is 11. The molecule has 0 radical (unpaired) electrons. The number of Topliss-reactive ketones (excluding diaryl/α,β-unsaturated/α-hetero) is 1. The van der Waals surface area contributed by atoms with Crippen molar-refractivity contribution in [3.8, 4) is 23.0 Å². The monoisotopic (exact) mass is 525 g/mol. The van der Waals surface area contributed by atoms with Crippen LogP contribution in [0.5, 0.6) is 23.0 Å². The number of aromatic hydroxyl groups is 1. The van der Waals surface area contributed by atoms with Gasteiger partial charge in [-0.3, -0.25) is 9.69 Å². The van der Waals surface area contributed by atoms with Crippen molar-refractivity contribution in [2.45, 2.75) is 19.3 Å². The Morgan fingerprint density at radius 1 is 0.944 bits per heavy atom. The van der Waals surface area contributed by atoms with E-state index >= 15 is 0 Å². The maximum Gasteiger partial charge on any atom is 0.197 e. The third-order valence-corrected chi connectivity index (χ3v) is 6.70.